The second-order valence-electron chi connectivity index (χ2n) is 6.62. The highest BCUT2D eigenvalue weighted by atomic mass is 79.9. The van der Waals surface area contributed by atoms with Crippen molar-refractivity contribution in [3.05, 3.63) is 64.6 Å². The van der Waals surface area contributed by atoms with Crippen LogP contribution in [0.4, 0.5) is 11.4 Å². The summed E-state index contributed by atoms with van der Waals surface area (Å²) < 4.78 is 6.22. The fourth-order valence-corrected chi connectivity index (χ4v) is 4.28. The van der Waals surface area contributed by atoms with Crippen LogP contribution in [0.1, 0.15) is 24.2 Å². The maximum atomic E-state index is 12.9. The molecule has 3 aromatic carbocycles. The second-order valence-corrected chi connectivity index (χ2v) is 7.82. The summed E-state index contributed by atoms with van der Waals surface area (Å²) in [5.41, 5.74) is 2.36. The van der Waals surface area contributed by atoms with Crippen molar-refractivity contribution in [2.45, 2.75) is 13.8 Å². The van der Waals surface area contributed by atoms with Gasteiger partial charge in [-0.1, -0.05) is 24.3 Å². The Morgan fingerprint density at radius 2 is 1.77 bits per heavy atom. The van der Waals surface area contributed by atoms with Crippen LogP contribution in [0.3, 0.4) is 0 Å². The van der Waals surface area contributed by atoms with Crippen LogP contribution in [0.2, 0.25) is 0 Å². The first-order chi connectivity index (χ1) is 14.5. The third-order valence-corrected chi connectivity index (χ3v) is 5.86. The second kappa shape index (κ2) is 9.91. The van der Waals surface area contributed by atoms with Gasteiger partial charge in [0, 0.05) is 24.5 Å². The Morgan fingerprint density at radius 1 is 1.10 bits per heavy atom. The van der Waals surface area contributed by atoms with E-state index in [0.29, 0.717) is 11.3 Å². The molecule has 156 valence electrons. The summed E-state index contributed by atoms with van der Waals surface area (Å²) in [6.07, 6.45) is 0. The number of carbonyl (C=O) groups excluding carboxylic acids is 1. The van der Waals surface area contributed by atoms with Gasteiger partial charge in [-0.15, -0.1) is 0 Å². The summed E-state index contributed by atoms with van der Waals surface area (Å²) in [5, 5.41) is 7.93. The van der Waals surface area contributed by atoms with E-state index in [2.05, 4.69) is 45.3 Å². The zero-order valence-corrected chi connectivity index (χ0v) is 19.6. The van der Waals surface area contributed by atoms with Gasteiger partial charge in [0.25, 0.3) is 5.91 Å². The molecule has 0 saturated carbocycles. The fraction of sp³-hybridized carbons (Fsp3) is 0.217. The van der Waals surface area contributed by atoms with Crippen molar-refractivity contribution in [1.82, 2.24) is 5.32 Å². The standard InChI is InChI=1S/C23H24BrN3O2S/c1-4-27(5-2)17-12-10-16(11-13-17)25-23(30)26-22(28)19-14-15-8-6-7-9-18(15)20(24)21(19)29-3/h6-14H,4-5H2,1-3H3,(H2,25,26,28,30). The minimum absolute atomic E-state index is 0.224. The number of ether oxygens (including phenoxy) is 1. The lowest BCUT2D eigenvalue weighted by atomic mass is 10.1. The van der Waals surface area contributed by atoms with Gasteiger partial charge in [-0.2, -0.15) is 0 Å². The molecule has 3 rings (SSSR count). The minimum Gasteiger partial charge on any atom is -0.495 e. The fourth-order valence-electron chi connectivity index (χ4n) is 3.33. The monoisotopic (exact) mass is 485 g/mol. The van der Waals surface area contributed by atoms with Crippen molar-refractivity contribution < 1.29 is 9.53 Å². The van der Waals surface area contributed by atoms with E-state index in [-0.39, 0.29) is 11.0 Å². The first-order valence-electron chi connectivity index (χ1n) is 9.71. The van der Waals surface area contributed by atoms with E-state index in [1.807, 2.05) is 48.5 Å². The molecule has 0 fully saturated rings. The molecule has 0 unspecified atom stereocenters. The number of hydrogen-bond acceptors (Lipinski definition) is 4. The molecule has 0 saturated heterocycles. The van der Waals surface area contributed by atoms with Gasteiger partial charge in [0.1, 0.15) is 5.75 Å². The van der Waals surface area contributed by atoms with Crippen molar-refractivity contribution >= 4 is 61.3 Å². The summed E-state index contributed by atoms with van der Waals surface area (Å²) >= 11 is 8.90. The van der Waals surface area contributed by atoms with Gasteiger partial charge in [0.05, 0.1) is 17.1 Å². The molecular formula is C23H24BrN3O2S. The Balaban J connectivity index is 1.75. The predicted octanol–water partition coefficient (Wildman–Crippen LogP) is 5.58. The number of nitrogens with one attached hydrogen (secondary N) is 2. The molecule has 5 nitrogen and oxygen atoms in total. The van der Waals surface area contributed by atoms with Crippen LogP contribution in [0, 0.1) is 0 Å². The number of anilines is 2. The Morgan fingerprint density at radius 3 is 2.40 bits per heavy atom. The number of halogens is 1. The summed E-state index contributed by atoms with van der Waals surface area (Å²) in [6.45, 7) is 6.14. The number of carbonyl (C=O) groups is 1. The average molecular weight is 486 g/mol. The maximum Gasteiger partial charge on any atom is 0.261 e. The van der Waals surface area contributed by atoms with Crippen LogP contribution in [0.15, 0.2) is 59.1 Å². The predicted molar refractivity (Wildman–Crippen MR) is 132 cm³/mol. The Bertz CT molecular complexity index is 1070. The van der Waals surface area contributed by atoms with E-state index in [0.717, 1.165) is 39.7 Å². The minimum atomic E-state index is -0.337. The summed E-state index contributed by atoms with van der Waals surface area (Å²) in [4.78, 5) is 15.2. The molecule has 0 radical (unpaired) electrons. The highest BCUT2D eigenvalue weighted by Gasteiger charge is 2.19. The molecule has 1 amide bonds. The maximum absolute atomic E-state index is 12.9. The number of methoxy groups -OCH3 is 1. The number of nitrogens with zero attached hydrogens (tertiary/aromatic N) is 1. The van der Waals surface area contributed by atoms with Crippen LogP contribution in [-0.2, 0) is 0 Å². The number of amides is 1. The van der Waals surface area contributed by atoms with Gasteiger partial charge in [-0.25, -0.2) is 0 Å². The largest absolute Gasteiger partial charge is 0.495 e. The van der Waals surface area contributed by atoms with Crippen molar-refractivity contribution in [1.29, 1.82) is 0 Å². The van der Waals surface area contributed by atoms with Gasteiger partial charge >= 0.3 is 0 Å². The van der Waals surface area contributed by atoms with Gasteiger partial charge in [0.15, 0.2) is 5.11 Å². The molecule has 30 heavy (non-hydrogen) atoms. The van der Waals surface area contributed by atoms with E-state index in [1.165, 1.54) is 0 Å². The third-order valence-electron chi connectivity index (χ3n) is 4.87. The van der Waals surface area contributed by atoms with Crippen molar-refractivity contribution in [3.8, 4) is 5.75 Å². The highest BCUT2D eigenvalue weighted by molar-refractivity contribution is 9.10. The average Bonchev–Trinajstić information content (AvgIpc) is 2.75. The molecule has 0 heterocycles. The Hall–Kier alpha value is -2.64. The third kappa shape index (κ3) is 4.74. The highest BCUT2D eigenvalue weighted by Crippen LogP contribution is 2.36. The molecule has 0 atom stereocenters. The topological polar surface area (TPSA) is 53.6 Å². The smallest absolute Gasteiger partial charge is 0.261 e. The summed E-state index contributed by atoms with van der Waals surface area (Å²) in [6, 6.07) is 17.5. The van der Waals surface area contributed by atoms with E-state index >= 15 is 0 Å². The van der Waals surface area contributed by atoms with E-state index in [9.17, 15) is 4.79 Å². The Kier molecular flexibility index (Phi) is 7.29. The first-order valence-corrected chi connectivity index (χ1v) is 10.9. The van der Waals surface area contributed by atoms with Crippen LogP contribution in [0.25, 0.3) is 10.8 Å². The van der Waals surface area contributed by atoms with E-state index in [1.54, 1.807) is 13.2 Å². The van der Waals surface area contributed by atoms with Crippen molar-refractivity contribution in [3.63, 3.8) is 0 Å². The molecule has 7 heteroatoms. The van der Waals surface area contributed by atoms with Gasteiger partial charge in [-0.3, -0.25) is 10.1 Å². The number of thiocarbonyl (C=S) groups is 1. The van der Waals surface area contributed by atoms with Crippen LogP contribution in [-0.4, -0.2) is 31.2 Å². The quantitative estimate of drug-likeness (QED) is 0.446. The zero-order valence-electron chi connectivity index (χ0n) is 17.2. The van der Waals surface area contributed by atoms with Crippen molar-refractivity contribution in [2.75, 3.05) is 30.4 Å². The molecule has 0 spiro atoms. The van der Waals surface area contributed by atoms with Crippen molar-refractivity contribution in [2.24, 2.45) is 0 Å². The number of fused-ring (bicyclic) bond motifs is 1. The van der Waals surface area contributed by atoms with Gasteiger partial charge in [0.2, 0.25) is 0 Å². The SMILES string of the molecule is CCN(CC)c1ccc(NC(=S)NC(=O)c2cc3ccccc3c(Br)c2OC)cc1. The zero-order chi connectivity index (χ0) is 21.7. The van der Waals surface area contributed by atoms with Gasteiger partial charge < -0.3 is 15.0 Å². The van der Waals surface area contributed by atoms with Crippen LogP contribution < -0.4 is 20.3 Å². The molecule has 0 aliphatic rings. The molecular weight excluding hydrogens is 462 g/mol. The normalized spacial score (nSPS) is 10.5. The number of benzene rings is 3. The molecule has 0 aromatic heterocycles. The Labute approximate surface area is 190 Å². The molecule has 0 bridgehead atoms. The van der Waals surface area contributed by atoms with E-state index < -0.39 is 0 Å². The lowest BCUT2D eigenvalue weighted by Gasteiger charge is -2.21. The molecule has 3 aromatic rings. The lowest BCUT2D eigenvalue weighted by molar-refractivity contribution is 0.0975. The summed E-state index contributed by atoms with van der Waals surface area (Å²) in [5.74, 6) is 0.133. The number of rotatable bonds is 6. The van der Waals surface area contributed by atoms with E-state index in [4.69, 9.17) is 17.0 Å². The molecule has 0 aliphatic carbocycles. The van der Waals surface area contributed by atoms with Gasteiger partial charge in [-0.05, 0) is 83.1 Å². The lowest BCUT2D eigenvalue weighted by Crippen LogP contribution is -2.34. The molecule has 2 N–H and O–H groups in total. The molecule has 0 aliphatic heterocycles. The van der Waals surface area contributed by atoms with Crippen LogP contribution >= 0.6 is 28.1 Å². The number of hydrogen-bond donors (Lipinski definition) is 2. The first kappa shape index (κ1) is 22.1. The van der Waals surface area contributed by atoms with Crippen LogP contribution in [0.5, 0.6) is 5.75 Å². The summed E-state index contributed by atoms with van der Waals surface area (Å²) in [7, 11) is 1.54.